The molecule has 6 heteroatoms. The van der Waals surface area contributed by atoms with Gasteiger partial charge in [-0.3, -0.25) is 4.79 Å². The van der Waals surface area contributed by atoms with Crippen LogP contribution >= 0.6 is 23.8 Å². The number of hydrogen-bond acceptors (Lipinski definition) is 3. The van der Waals surface area contributed by atoms with Gasteiger partial charge in [-0.2, -0.15) is 0 Å². The number of nitrogens with zero attached hydrogens (tertiary/aromatic N) is 1. The lowest BCUT2D eigenvalue weighted by Gasteiger charge is -2.31. The van der Waals surface area contributed by atoms with E-state index in [1.807, 2.05) is 0 Å². The fraction of sp³-hybridized carbons (Fsp3) is 0.455. The minimum absolute atomic E-state index is 0.0925. The topological polar surface area (TPSA) is 59.5 Å². The van der Waals surface area contributed by atoms with Gasteiger partial charge in [0.05, 0.1) is 16.8 Å². The molecule has 1 aliphatic heterocycles. The van der Waals surface area contributed by atoms with Crippen LogP contribution in [0.3, 0.4) is 0 Å². The Morgan fingerprint density at radius 2 is 2.18 bits per heavy atom. The molecular weight excluding hydrogens is 260 g/mol. The maximum atomic E-state index is 12.1. The van der Waals surface area contributed by atoms with Gasteiger partial charge in [-0.1, -0.05) is 12.2 Å². The number of rotatable bonds is 2. The molecule has 1 aromatic heterocycles. The Bertz CT molecular complexity index is 438. The van der Waals surface area contributed by atoms with Crippen molar-refractivity contribution in [2.45, 2.75) is 12.8 Å². The molecule has 2 rings (SSSR count). The van der Waals surface area contributed by atoms with E-state index in [2.05, 4.69) is 0 Å². The molecule has 0 unspecified atom stereocenters. The zero-order valence-corrected chi connectivity index (χ0v) is 10.8. The van der Waals surface area contributed by atoms with E-state index in [0.29, 0.717) is 23.6 Å². The van der Waals surface area contributed by atoms with Gasteiger partial charge >= 0.3 is 0 Å². The van der Waals surface area contributed by atoms with E-state index in [-0.39, 0.29) is 17.0 Å². The van der Waals surface area contributed by atoms with Crippen LogP contribution in [0.15, 0.2) is 16.7 Å². The first-order chi connectivity index (χ1) is 8.09. The molecular formula is C11H13ClN2O2S. The first kappa shape index (κ1) is 12.4. The first-order valence-electron chi connectivity index (χ1n) is 5.41. The van der Waals surface area contributed by atoms with E-state index >= 15 is 0 Å². The summed E-state index contributed by atoms with van der Waals surface area (Å²) in [6.07, 6.45) is 3.05. The van der Waals surface area contributed by atoms with Crippen LogP contribution in [0.4, 0.5) is 0 Å². The van der Waals surface area contributed by atoms with E-state index in [1.54, 1.807) is 11.0 Å². The Labute approximate surface area is 110 Å². The molecule has 1 fully saturated rings. The third-order valence-corrected chi connectivity index (χ3v) is 3.66. The maximum absolute atomic E-state index is 12.1. The lowest BCUT2D eigenvalue weighted by molar-refractivity contribution is 0.0710. The van der Waals surface area contributed by atoms with Crippen molar-refractivity contribution >= 4 is 34.7 Å². The number of halogens is 1. The monoisotopic (exact) mass is 272 g/mol. The number of carbonyl (C=O) groups is 1. The molecule has 17 heavy (non-hydrogen) atoms. The second-order valence-electron chi connectivity index (χ2n) is 4.08. The Morgan fingerprint density at radius 3 is 2.65 bits per heavy atom. The highest BCUT2D eigenvalue weighted by Crippen LogP contribution is 2.23. The summed E-state index contributed by atoms with van der Waals surface area (Å²) < 4.78 is 4.91. The average molecular weight is 273 g/mol. The van der Waals surface area contributed by atoms with Gasteiger partial charge in [-0.25, -0.2) is 0 Å². The quantitative estimate of drug-likeness (QED) is 0.838. The number of thiocarbonyl (C=S) groups is 1. The molecule has 2 N–H and O–H groups in total. The molecule has 0 atom stereocenters. The standard InChI is InChI=1S/C11H13ClN2O2S/c12-9-8(3-6-16-9)11(15)14-4-1-7(2-5-14)10(13)17/h3,6-7H,1-2,4-5H2,(H2,13,17). The summed E-state index contributed by atoms with van der Waals surface area (Å²) in [6.45, 7) is 1.31. The molecule has 0 spiro atoms. The zero-order valence-electron chi connectivity index (χ0n) is 9.19. The summed E-state index contributed by atoms with van der Waals surface area (Å²) in [7, 11) is 0. The highest BCUT2D eigenvalue weighted by atomic mass is 35.5. The number of piperidine rings is 1. The van der Waals surface area contributed by atoms with Gasteiger partial charge in [0.25, 0.3) is 5.91 Å². The predicted molar refractivity (Wildman–Crippen MR) is 69.1 cm³/mol. The fourth-order valence-corrected chi connectivity index (χ4v) is 2.41. The second-order valence-corrected chi connectivity index (χ2v) is 4.89. The molecule has 0 saturated carbocycles. The van der Waals surface area contributed by atoms with Gasteiger partial charge in [0.15, 0.2) is 0 Å². The van der Waals surface area contributed by atoms with Crippen molar-refractivity contribution < 1.29 is 9.21 Å². The van der Waals surface area contributed by atoms with Crippen molar-refractivity contribution in [3.8, 4) is 0 Å². The van der Waals surface area contributed by atoms with E-state index in [0.717, 1.165) is 12.8 Å². The third-order valence-electron chi connectivity index (χ3n) is 3.03. The lowest BCUT2D eigenvalue weighted by atomic mass is 9.96. The zero-order chi connectivity index (χ0) is 12.4. The summed E-state index contributed by atoms with van der Waals surface area (Å²) in [5, 5.41) is 0.145. The molecule has 1 aliphatic rings. The average Bonchev–Trinajstić information content (AvgIpc) is 2.74. The number of nitrogens with two attached hydrogens (primary N) is 1. The SMILES string of the molecule is NC(=S)C1CCN(C(=O)c2ccoc2Cl)CC1. The van der Waals surface area contributed by atoms with Gasteiger partial charge < -0.3 is 15.1 Å². The van der Waals surface area contributed by atoms with Crippen LogP contribution < -0.4 is 5.73 Å². The highest BCUT2D eigenvalue weighted by Gasteiger charge is 2.26. The second kappa shape index (κ2) is 5.06. The minimum Gasteiger partial charge on any atom is -0.452 e. The van der Waals surface area contributed by atoms with Crippen molar-refractivity contribution in [3.05, 3.63) is 23.1 Å². The van der Waals surface area contributed by atoms with Crippen molar-refractivity contribution in [1.29, 1.82) is 0 Å². The number of likely N-dealkylation sites (tertiary alicyclic amines) is 1. The van der Waals surface area contributed by atoms with Crippen molar-refractivity contribution in [3.63, 3.8) is 0 Å². The van der Waals surface area contributed by atoms with Gasteiger partial charge in [0, 0.05) is 19.0 Å². The van der Waals surface area contributed by atoms with Gasteiger partial charge in [0.2, 0.25) is 5.22 Å². The molecule has 0 bridgehead atoms. The molecule has 1 saturated heterocycles. The normalized spacial score (nSPS) is 17.1. The third kappa shape index (κ3) is 2.61. The summed E-state index contributed by atoms with van der Waals surface area (Å²) in [4.78, 5) is 14.4. The van der Waals surface area contributed by atoms with E-state index in [1.165, 1.54) is 6.26 Å². The summed E-state index contributed by atoms with van der Waals surface area (Å²) >= 11 is 10.7. The Balaban J connectivity index is 2.00. The Kier molecular flexibility index (Phi) is 3.69. The smallest absolute Gasteiger partial charge is 0.258 e. The van der Waals surface area contributed by atoms with Crippen molar-refractivity contribution in [2.24, 2.45) is 11.7 Å². The van der Waals surface area contributed by atoms with Crippen LogP contribution in [0.2, 0.25) is 5.22 Å². The number of furan rings is 1. The fourth-order valence-electron chi connectivity index (χ4n) is 1.98. The molecule has 0 aromatic carbocycles. The molecule has 4 nitrogen and oxygen atoms in total. The molecule has 92 valence electrons. The number of hydrogen-bond donors (Lipinski definition) is 1. The van der Waals surface area contributed by atoms with Crippen LogP contribution in [0.5, 0.6) is 0 Å². The summed E-state index contributed by atoms with van der Waals surface area (Å²) in [5.41, 5.74) is 6.02. The molecule has 1 amide bonds. The van der Waals surface area contributed by atoms with Gasteiger partial charge in [-0.05, 0) is 30.5 Å². The van der Waals surface area contributed by atoms with Crippen LogP contribution in [0, 0.1) is 5.92 Å². The highest BCUT2D eigenvalue weighted by molar-refractivity contribution is 7.80. The van der Waals surface area contributed by atoms with Gasteiger partial charge in [0.1, 0.15) is 0 Å². The van der Waals surface area contributed by atoms with Crippen LogP contribution in [-0.4, -0.2) is 28.9 Å². The van der Waals surface area contributed by atoms with E-state index in [9.17, 15) is 4.79 Å². The summed E-state index contributed by atoms with van der Waals surface area (Å²) in [5.74, 6) is 0.152. The van der Waals surface area contributed by atoms with Crippen molar-refractivity contribution in [2.75, 3.05) is 13.1 Å². The molecule has 2 heterocycles. The Morgan fingerprint density at radius 1 is 1.53 bits per heavy atom. The maximum Gasteiger partial charge on any atom is 0.258 e. The van der Waals surface area contributed by atoms with E-state index < -0.39 is 0 Å². The number of amides is 1. The van der Waals surface area contributed by atoms with Gasteiger partial charge in [-0.15, -0.1) is 0 Å². The van der Waals surface area contributed by atoms with E-state index in [4.69, 9.17) is 34.0 Å². The van der Waals surface area contributed by atoms with Crippen LogP contribution in [0.1, 0.15) is 23.2 Å². The molecule has 1 aromatic rings. The number of carbonyl (C=O) groups excluding carboxylic acids is 1. The first-order valence-corrected chi connectivity index (χ1v) is 6.20. The minimum atomic E-state index is -0.0925. The van der Waals surface area contributed by atoms with Crippen LogP contribution in [0.25, 0.3) is 0 Å². The Hall–Kier alpha value is -1.07. The van der Waals surface area contributed by atoms with Crippen molar-refractivity contribution in [1.82, 2.24) is 4.90 Å². The molecule has 0 aliphatic carbocycles. The lowest BCUT2D eigenvalue weighted by Crippen LogP contribution is -2.41. The predicted octanol–water partition coefficient (Wildman–Crippen LogP) is 2.07. The molecule has 0 radical (unpaired) electrons. The summed E-state index contributed by atoms with van der Waals surface area (Å²) in [6, 6.07) is 1.59. The van der Waals surface area contributed by atoms with Crippen LogP contribution in [-0.2, 0) is 0 Å². The largest absolute Gasteiger partial charge is 0.452 e.